The van der Waals surface area contributed by atoms with E-state index in [1.54, 1.807) is 29.2 Å². The van der Waals surface area contributed by atoms with Crippen LogP contribution in [0.15, 0.2) is 51.0 Å². The fourth-order valence-electron chi connectivity index (χ4n) is 1.94. The molecule has 96 valence electrons. The molecule has 0 bridgehead atoms. The molecule has 0 aliphatic heterocycles. The van der Waals surface area contributed by atoms with Crippen molar-refractivity contribution >= 4 is 33.9 Å². The molecule has 0 saturated carbocycles. The van der Waals surface area contributed by atoms with Gasteiger partial charge in [0, 0.05) is 15.7 Å². The van der Waals surface area contributed by atoms with Gasteiger partial charge >= 0.3 is 0 Å². The summed E-state index contributed by atoms with van der Waals surface area (Å²) in [5, 5.41) is 13.9. The highest BCUT2D eigenvalue weighted by molar-refractivity contribution is 8.01. The Labute approximate surface area is 120 Å². The number of thiazole rings is 1. The molecule has 1 N–H and O–H groups in total. The summed E-state index contributed by atoms with van der Waals surface area (Å²) in [4.78, 5) is 5.70. The van der Waals surface area contributed by atoms with Gasteiger partial charge in [-0.3, -0.25) is 0 Å². The second kappa shape index (κ2) is 5.23. The largest absolute Gasteiger partial charge is 0.507 e. The highest BCUT2D eigenvalue weighted by Crippen LogP contribution is 2.38. The van der Waals surface area contributed by atoms with Gasteiger partial charge in [0.1, 0.15) is 5.75 Å². The normalized spacial score (nSPS) is 11.0. The Morgan fingerprint density at radius 1 is 1.16 bits per heavy atom. The first-order valence-electron chi connectivity index (χ1n) is 6.11. The zero-order chi connectivity index (χ0) is 13.2. The average molecular weight is 287 g/mol. The van der Waals surface area contributed by atoms with Crippen molar-refractivity contribution in [2.75, 3.05) is 0 Å². The maximum absolute atomic E-state index is 9.88. The number of aromatic hydroxyl groups is 1. The van der Waals surface area contributed by atoms with Gasteiger partial charge < -0.3 is 5.11 Å². The number of hydrogen-bond donors (Lipinski definition) is 1. The quantitative estimate of drug-likeness (QED) is 0.757. The minimum Gasteiger partial charge on any atom is -0.507 e. The molecule has 0 spiro atoms. The molecule has 2 aromatic carbocycles. The maximum atomic E-state index is 9.88. The van der Waals surface area contributed by atoms with Gasteiger partial charge in [0.25, 0.3) is 0 Å². The Morgan fingerprint density at radius 3 is 2.68 bits per heavy atom. The van der Waals surface area contributed by atoms with E-state index in [-0.39, 0.29) is 0 Å². The van der Waals surface area contributed by atoms with Gasteiger partial charge in [-0.25, -0.2) is 4.98 Å². The molecule has 0 radical (unpaired) electrons. The molecule has 2 nitrogen and oxygen atoms in total. The molecule has 3 aromatic rings. The first kappa shape index (κ1) is 12.5. The second-order valence-corrected chi connectivity index (χ2v) is 6.34. The first-order chi connectivity index (χ1) is 9.28. The fourth-order valence-corrected chi connectivity index (χ4v) is 3.94. The van der Waals surface area contributed by atoms with Crippen LogP contribution in [-0.2, 0) is 6.42 Å². The summed E-state index contributed by atoms with van der Waals surface area (Å²) in [5.41, 5.74) is 1.13. The average Bonchev–Trinajstić information content (AvgIpc) is 2.90. The lowest BCUT2D eigenvalue weighted by atomic mass is 10.1. The van der Waals surface area contributed by atoms with E-state index in [9.17, 15) is 5.11 Å². The van der Waals surface area contributed by atoms with Crippen molar-refractivity contribution in [2.45, 2.75) is 22.6 Å². The van der Waals surface area contributed by atoms with E-state index in [0.717, 1.165) is 32.1 Å². The predicted octanol–water partition coefficient (Wildman–Crippen LogP) is 4.72. The van der Waals surface area contributed by atoms with E-state index in [0.29, 0.717) is 5.75 Å². The highest BCUT2D eigenvalue weighted by atomic mass is 32.2. The Balaban J connectivity index is 2.03. The molecular weight excluding hydrogens is 274 g/mol. The standard InChI is InChI=1S/C15H13NOS2/c1-2-10-9-18-15(16-10)19-14-8-7-13(17)11-5-3-4-6-12(11)14/h3-9,17H,2H2,1H3. The molecule has 0 amide bonds. The van der Waals surface area contributed by atoms with Crippen molar-refractivity contribution in [3.63, 3.8) is 0 Å². The molecule has 0 atom stereocenters. The van der Waals surface area contributed by atoms with Crippen LogP contribution in [0.4, 0.5) is 0 Å². The van der Waals surface area contributed by atoms with E-state index in [1.165, 1.54) is 0 Å². The molecule has 3 rings (SSSR count). The Morgan fingerprint density at radius 2 is 1.95 bits per heavy atom. The van der Waals surface area contributed by atoms with Crippen LogP contribution in [0.25, 0.3) is 10.8 Å². The lowest BCUT2D eigenvalue weighted by Crippen LogP contribution is -1.80. The van der Waals surface area contributed by atoms with E-state index >= 15 is 0 Å². The number of aryl methyl sites for hydroxylation is 1. The van der Waals surface area contributed by atoms with Gasteiger partial charge in [-0.15, -0.1) is 11.3 Å². The number of nitrogens with zero attached hydrogens (tertiary/aromatic N) is 1. The summed E-state index contributed by atoms with van der Waals surface area (Å²) in [6.45, 7) is 2.11. The summed E-state index contributed by atoms with van der Waals surface area (Å²) < 4.78 is 1.05. The zero-order valence-corrected chi connectivity index (χ0v) is 12.1. The van der Waals surface area contributed by atoms with Gasteiger partial charge in [0.15, 0.2) is 4.34 Å². The van der Waals surface area contributed by atoms with Crippen molar-refractivity contribution in [1.82, 2.24) is 4.98 Å². The summed E-state index contributed by atoms with van der Waals surface area (Å²) >= 11 is 3.33. The van der Waals surface area contributed by atoms with Crippen LogP contribution in [-0.4, -0.2) is 10.1 Å². The van der Waals surface area contributed by atoms with Crippen LogP contribution in [0.5, 0.6) is 5.75 Å². The minimum absolute atomic E-state index is 0.327. The molecule has 0 unspecified atom stereocenters. The van der Waals surface area contributed by atoms with Crippen molar-refractivity contribution in [3.05, 3.63) is 47.5 Å². The minimum atomic E-state index is 0.327. The predicted molar refractivity (Wildman–Crippen MR) is 81.2 cm³/mol. The smallest absolute Gasteiger partial charge is 0.154 e. The molecule has 0 fully saturated rings. The van der Waals surface area contributed by atoms with Gasteiger partial charge in [0.05, 0.1) is 5.69 Å². The van der Waals surface area contributed by atoms with Gasteiger partial charge in [-0.1, -0.05) is 43.0 Å². The number of fused-ring (bicyclic) bond motifs is 1. The monoisotopic (exact) mass is 287 g/mol. The lowest BCUT2D eigenvalue weighted by Gasteiger charge is -2.06. The van der Waals surface area contributed by atoms with Crippen LogP contribution in [0, 0.1) is 0 Å². The van der Waals surface area contributed by atoms with Crippen LogP contribution in [0.1, 0.15) is 12.6 Å². The number of rotatable bonds is 3. The summed E-state index contributed by atoms with van der Waals surface area (Å²) in [6.07, 6.45) is 0.966. The zero-order valence-electron chi connectivity index (χ0n) is 10.5. The van der Waals surface area contributed by atoms with E-state index < -0.39 is 0 Å². The van der Waals surface area contributed by atoms with Crippen molar-refractivity contribution in [1.29, 1.82) is 0 Å². The lowest BCUT2D eigenvalue weighted by molar-refractivity contribution is 0.481. The fraction of sp³-hybridized carbons (Fsp3) is 0.133. The third kappa shape index (κ3) is 2.46. The number of phenolic OH excluding ortho intramolecular Hbond substituents is 1. The molecule has 1 aromatic heterocycles. The Kier molecular flexibility index (Phi) is 3.44. The maximum Gasteiger partial charge on any atom is 0.154 e. The van der Waals surface area contributed by atoms with E-state index in [1.807, 2.05) is 30.3 Å². The second-order valence-electron chi connectivity index (χ2n) is 4.19. The molecule has 0 aliphatic rings. The van der Waals surface area contributed by atoms with E-state index in [4.69, 9.17) is 0 Å². The molecule has 1 heterocycles. The molecule has 0 aliphatic carbocycles. The summed E-state index contributed by atoms with van der Waals surface area (Å²) in [7, 11) is 0. The van der Waals surface area contributed by atoms with E-state index in [2.05, 4.69) is 17.3 Å². The molecular formula is C15H13NOS2. The first-order valence-corrected chi connectivity index (χ1v) is 7.80. The molecule has 0 saturated heterocycles. The third-order valence-electron chi connectivity index (χ3n) is 2.95. The Bertz CT molecular complexity index is 721. The number of hydrogen-bond acceptors (Lipinski definition) is 4. The van der Waals surface area contributed by atoms with Gasteiger partial charge in [-0.05, 0) is 23.9 Å². The SMILES string of the molecule is CCc1csc(Sc2ccc(O)c3ccccc23)n1. The van der Waals surface area contributed by atoms with Crippen molar-refractivity contribution in [2.24, 2.45) is 0 Å². The third-order valence-corrected chi connectivity index (χ3v) is 5.01. The van der Waals surface area contributed by atoms with Crippen LogP contribution in [0.3, 0.4) is 0 Å². The van der Waals surface area contributed by atoms with Crippen molar-refractivity contribution < 1.29 is 5.11 Å². The van der Waals surface area contributed by atoms with Crippen LogP contribution in [0.2, 0.25) is 0 Å². The summed E-state index contributed by atoms with van der Waals surface area (Å²) in [6, 6.07) is 11.6. The summed E-state index contributed by atoms with van der Waals surface area (Å²) in [5.74, 6) is 0.327. The topological polar surface area (TPSA) is 33.1 Å². The number of phenols is 1. The van der Waals surface area contributed by atoms with Crippen LogP contribution >= 0.6 is 23.1 Å². The number of aromatic nitrogens is 1. The van der Waals surface area contributed by atoms with Gasteiger partial charge in [-0.2, -0.15) is 0 Å². The Hall–Kier alpha value is -1.52. The number of benzene rings is 2. The molecule has 19 heavy (non-hydrogen) atoms. The highest BCUT2D eigenvalue weighted by Gasteiger charge is 2.08. The van der Waals surface area contributed by atoms with Crippen LogP contribution < -0.4 is 0 Å². The van der Waals surface area contributed by atoms with Crippen molar-refractivity contribution in [3.8, 4) is 5.75 Å². The molecule has 4 heteroatoms. The van der Waals surface area contributed by atoms with Gasteiger partial charge in [0.2, 0.25) is 0 Å².